The molecule has 2 unspecified atom stereocenters. The van der Waals surface area contributed by atoms with E-state index in [1.807, 2.05) is 13.8 Å². The van der Waals surface area contributed by atoms with Crippen LogP contribution in [0.4, 0.5) is 0 Å². The Morgan fingerprint density at radius 1 is 1.24 bits per heavy atom. The second kappa shape index (κ2) is 10.2. The highest BCUT2D eigenvalue weighted by Gasteiger charge is 2.32. The van der Waals surface area contributed by atoms with Crippen molar-refractivity contribution in [2.45, 2.75) is 39.2 Å². The van der Waals surface area contributed by atoms with Gasteiger partial charge in [0.1, 0.15) is 6.61 Å². The van der Waals surface area contributed by atoms with Crippen molar-refractivity contribution in [3.63, 3.8) is 0 Å². The Balaban J connectivity index is 2.99. The number of nitrogens with two attached hydrogens (primary N) is 1. The van der Waals surface area contributed by atoms with Crippen LogP contribution in [0.25, 0.3) is 0 Å². The molecule has 136 valence electrons. The Morgan fingerprint density at radius 3 is 2.40 bits per heavy atom. The van der Waals surface area contributed by atoms with E-state index in [9.17, 15) is 14.4 Å². The van der Waals surface area contributed by atoms with E-state index >= 15 is 0 Å². The lowest BCUT2D eigenvalue weighted by molar-refractivity contribution is -0.148. The van der Waals surface area contributed by atoms with Crippen LogP contribution in [0.1, 0.15) is 38.7 Å². The molecule has 0 fully saturated rings. The molecule has 0 aliphatic heterocycles. The fourth-order valence-electron chi connectivity index (χ4n) is 2.34. The summed E-state index contributed by atoms with van der Waals surface area (Å²) in [4.78, 5) is 36.8. The van der Waals surface area contributed by atoms with Gasteiger partial charge in [-0.1, -0.05) is 44.2 Å². The van der Waals surface area contributed by atoms with E-state index in [1.54, 1.807) is 30.3 Å². The maximum atomic E-state index is 12.7. The van der Waals surface area contributed by atoms with Crippen LogP contribution in [0.5, 0.6) is 0 Å². The summed E-state index contributed by atoms with van der Waals surface area (Å²) in [7, 11) is 0. The lowest BCUT2D eigenvalue weighted by atomic mass is 9.96. The summed E-state index contributed by atoms with van der Waals surface area (Å²) >= 11 is 0. The molecule has 25 heavy (non-hydrogen) atoms. The summed E-state index contributed by atoms with van der Waals surface area (Å²) in [5, 5.41) is 5.91. The number of benzene rings is 1. The van der Waals surface area contributed by atoms with Gasteiger partial charge in [0.25, 0.3) is 0 Å². The Morgan fingerprint density at radius 2 is 1.88 bits per heavy atom. The van der Waals surface area contributed by atoms with Crippen molar-refractivity contribution in [3.05, 3.63) is 35.9 Å². The molecule has 1 aromatic rings. The van der Waals surface area contributed by atoms with Gasteiger partial charge in [0.2, 0.25) is 5.91 Å². The highest BCUT2D eigenvalue weighted by atomic mass is 16.5. The Labute approximate surface area is 147 Å². The Bertz CT molecular complexity index is 614. The van der Waals surface area contributed by atoms with Crippen LogP contribution in [0, 0.1) is 5.92 Å². The maximum Gasteiger partial charge on any atom is 0.323 e. The van der Waals surface area contributed by atoms with Crippen molar-refractivity contribution in [1.29, 1.82) is 0 Å². The first-order chi connectivity index (χ1) is 11.9. The minimum Gasteiger partial charge on any atom is -0.459 e. The molecule has 0 saturated heterocycles. The predicted molar refractivity (Wildman–Crippen MR) is 94.9 cm³/mol. The molecule has 3 N–H and O–H groups in total. The molecule has 1 rings (SSSR count). The molecule has 0 saturated carbocycles. The van der Waals surface area contributed by atoms with Crippen LogP contribution in [0.2, 0.25) is 0 Å². The maximum absolute atomic E-state index is 12.7. The number of hydrazone groups is 1. The largest absolute Gasteiger partial charge is 0.459 e. The Kier molecular flexibility index (Phi) is 8.32. The lowest BCUT2D eigenvalue weighted by Crippen LogP contribution is -2.45. The van der Waals surface area contributed by atoms with Crippen LogP contribution >= 0.6 is 0 Å². The van der Waals surface area contributed by atoms with E-state index in [0.717, 1.165) is 0 Å². The smallest absolute Gasteiger partial charge is 0.323 e. The van der Waals surface area contributed by atoms with Crippen molar-refractivity contribution < 1.29 is 19.1 Å². The van der Waals surface area contributed by atoms with Crippen LogP contribution in [-0.4, -0.2) is 36.5 Å². The van der Waals surface area contributed by atoms with Crippen molar-refractivity contribution >= 4 is 23.9 Å². The number of rotatable bonds is 9. The van der Waals surface area contributed by atoms with Crippen LogP contribution in [0.3, 0.4) is 0 Å². The molecule has 1 aromatic carbocycles. The van der Waals surface area contributed by atoms with Gasteiger partial charge in [-0.2, -0.15) is 5.10 Å². The van der Waals surface area contributed by atoms with Gasteiger partial charge in [-0.15, -0.1) is 0 Å². The number of carbonyl (C=O) groups excluding carboxylic acids is 3. The van der Waals surface area contributed by atoms with Gasteiger partial charge < -0.3 is 15.9 Å². The summed E-state index contributed by atoms with van der Waals surface area (Å²) in [5.74, 6) is 2.57. The normalized spacial score (nSPS) is 13.4. The molecule has 0 radical (unpaired) electrons. The summed E-state index contributed by atoms with van der Waals surface area (Å²) < 4.78 is 5.03. The second-order valence-corrected chi connectivity index (χ2v) is 6.11. The molecule has 0 heterocycles. The molecular weight excluding hydrogens is 322 g/mol. The third kappa shape index (κ3) is 6.74. The first kappa shape index (κ1) is 20.3. The fourth-order valence-corrected chi connectivity index (χ4v) is 2.34. The summed E-state index contributed by atoms with van der Waals surface area (Å²) in [6.45, 7) is 5.20. The number of nitrogens with zero attached hydrogens (tertiary/aromatic N) is 1. The molecule has 7 nitrogen and oxygen atoms in total. The lowest BCUT2D eigenvalue weighted by Gasteiger charge is -2.21. The van der Waals surface area contributed by atoms with Gasteiger partial charge in [-0.3, -0.25) is 14.4 Å². The second-order valence-electron chi connectivity index (χ2n) is 6.11. The van der Waals surface area contributed by atoms with Gasteiger partial charge in [-0.25, -0.2) is 0 Å². The molecular formula is C18H25N3O4. The topological polar surface area (TPSA) is 111 Å². The Hall–Kier alpha value is -2.70. The summed E-state index contributed by atoms with van der Waals surface area (Å²) in [6.07, 6.45) is 1.71. The highest BCUT2D eigenvalue weighted by Crippen LogP contribution is 2.19. The average Bonchev–Trinajstić information content (AvgIpc) is 2.55. The third-order valence-electron chi connectivity index (χ3n) is 3.55. The van der Waals surface area contributed by atoms with E-state index in [0.29, 0.717) is 12.0 Å². The van der Waals surface area contributed by atoms with Gasteiger partial charge in [0.15, 0.2) is 11.7 Å². The van der Waals surface area contributed by atoms with Crippen LogP contribution in [0.15, 0.2) is 35.4 Å². The van der Waals surface area contributed by atoms with Crippen molar-refractivity contribution in [1.82, 2.24) is 5.32 Å². The van der Waals surface area contributed by atoms with E-state index in [-0.39, 0.29) is 18.3 Å². The van der Waals surface area contributed by atoms with E-state index in [1.165, 1.54) is 13.1 Å². The average molecular weight is 347 g/mol. The summed E-state index contributed by atoms with van der Waals surface area (Å²) in [6, 6.07) is 7.91. The van der Waals surface area contributed by atoms with Crippen molar-refractivity contribution in [2.75, 3.05) is 6.61 Å². The zero-order valence-corrected chi connectivity index (χ0v) is 14.8. The highest BCUT2D eigenvalue weighted by molar-refractivity contribution is 6.04. The number of hydrogen-bond donors (Lipinski definition) is 2. The van der Waals surface area contributed by atoms with Gasteiger partial charge >= 0.3 is 5.97 Å². The standard InChI is InChI=1S/C18H25N3O4/c1-12(2)11-15(13(3)22)21-17(23)16(14-7-5-4-6-8-14)18(24)25-10-9-20-19/h4-9,12,15-16H,10-11,19H2,1-3H3,(H,21,23). The molecule has 0 aliphatic rings. The zero-order valence-electron chi connectivity index (χ0n) is 14.8. The fraction of sp³-hybridized carbons (Fsp3) is 0.444. The first-order valence-electron chi connectivity index (χ1n) is 8.11. The number of ketones is 1. The number of nitrogens with one attached hydrogen (secondary N) is 1. The van der Waals surface area contributed by atoms with E-state index in [2.05, 4.69) is 10.4 Å². The number of amides is 1. The molecule has 0 bridgehead atoms. The third-order valence-corrected chi connectivity index (χ3v) is 3.55. The first-order valence-corrected chi connectivity index (χ1v) is 8.11. The number of carbonyl (C=O) groups is 3. The quantitative estimate of drug-likeness (QED) is 0.230. The van der Waals surface area contributed by atoms with Gasteiger partial charge in [-0.05, 0) is 24.8 Å². The SMILES string of the molecule is CC(=O)C(CC(C)C)NC(=O)C(C(=O)OCC=NN)c1ccccc1. The summed E-state index contributed by atoms with van der Waals surface area (Å²) in [5.41, 5.74) is 0.488. The monoisotopic (exact) mass is 347 g/mol. The molecule has 7 heteroatoms. The van der Waals surface area contributed by atoms with Crippen LogP contribution in [-0.2, 0) is 19.1 Å². The van der Waals surface area contributed by atoms with Gasteiger partial charge in [0.05, 0.1) is 12.3 Å². The molecule has 1 amide bonds. The number of hydrogen-bond acceptors (Lipinski definition) is 6. The van der Waals surface area contributed by atoms with Crippen molar-refractivity contribution in [2.24, 2.45) is 16.9 Å². The minimum absolute atomic E-state index is 0.131. The minimum atomic E-state index is -1.17. The van der Waals surface area contributed by atoms with E-state index in [4.69, 9.17) is 10.6 Å². The molecule has 0 spiro atoms. The van der Waals surface area contributed by atoms with Crippen LogP contribution < -0.4 is 11.2 Å². The molecule has 0 aliphatic carbocycles. The predicted octanol–water partition coefficient (Wildman–Crippen LogP) is 1.38. The number of esters is 1. The van der Waals surface area contributed by atoms with E-state index < -0.39 is 23.8 Å². The molecule has 2 atom stereocenters. The zero-order chi connectivity index (χ0) is 18.8. The van der Waals surface area contributed by atoms with Crippen molar-refractivity contribution in [3.8, 4) is 0 Å². The number of Topliss-reactive ketones (excluding diaryl/α,β-unsaturated/α-hetero) is 1. The number of ether oxygens (including phenoxy) is 1. The van der Waals surface area contributed by atoms with Gasteiger partial charge in [0, 0.05) is 0 Å². The molecule has 0 aromatic heterocycles.